The van der Waals surface area contributed by atoms with E-state index < -0.39 is 0 Å². The van der Waals surface area contributed by atoms with E-state index in [2.05, 4.69) is 23.1 Å². The highest BCUT2D eigenvalue weighted by Gasteiger charge is 2.04. The number of pyridine rings is 1. The van der Waals surface area contributed by atoms with E-state index in [9.17, 15) is 0 Å². The maximum absolute atomic E-state index is 5.45. The second-order valence-electron chi connectivity index (χ2n) is 3.65. The van der Waals surface area contributed by atoms with Crippen LogP contribution in [0.1, 0.15) is 13.3 Å². The maximum Gasteiger partial charge on any atom is 0.0871 e. The molecule has 0 fully saturated rings. The molecule has 80 valence electrons. The Hall–Kier alpha value is -2.01. The van der Waals surface area contributed by atoms with Gasteiger partial charge in [0, 0.05) is 17.3 Å². The van der Waals surface area contributed by atoms with Crippen molar-refractivity contribution in [2.45, 2.75) is 19.4 Å². The smallest absolute Gasteiger partial charge is 0.0871 e. The molecule has 0 saturated heterocycles. The minimum Gasteiger partial charge on any atom is -0.371 e. The Kier molecular flexibility index (Phi) is 3.07. The van der Waals surface area contributed by atoms with Crippen LogP contribution in [0.25, 0.3) is 10.9 Å². The predicted molar refractivity (Wildman–Crippen MR) is 68.3 cm³/mol. The lowest BCUT2D eigenvalue weighted by atomic mass is 10.1. The number of terminal acetylenes is 1. The van der Waals surface area contributed by atoms with Gasteiger partial charge >= 0.3 is 0 Å². The Morgan fingerprint density at radius 2 is 2.19 bits per heavy atom. The largest absolute Gasteiger partial charge is 0.371 e. The van der Waals surface area contributed by atoms with Crippen molar-refractivity contribution in [1.29, 1.82) is 0 Å². The second-order valence-corrected chi connectivity index (χ2v) is 3.65. The second kappa shape index (κ2) is 4.67. The monoisotopic (exact) mass is 210 g/mol. The molecular weight excluding hydrogens is 196 g/mol. The fourth-order valence-electron chi connectivity index (χ4n) is 1.67. The Morgan fingerprint density at radius 1 is 1.38 bits per heavy atom. The Bertz CT molecular complexity index is 520. The number of aromatic nitrogens is 1. The number of nitrogens with one attached hydrogen (secondary N) is 1. The topological polar surface area (TPSA) is 24.9 Å². The Morgan fingerprint density at radius 3 is 2.94 bits per heavy atom. The quantitative estimate of drug-likeness (QED) is 0.787. The van der Waals surface area contributed by atoms with Gasteiger partial charge in [0.05, 0.1) is 11.6 Å². The van der Waals surface area contributed by atoms with E-state index >= 15 is 0 Å². The van der Waals surface area contributed by atoms with Crippen LogP contribution in [0.15, 0.2) is 36.5 Å². The number of para-hydroxylation sites is 1. The fourth-order valence-corrected chi connectivity index (χ4v) is 1.67. The van der Waals surface area contributed by atoms with Crippen molar-refractivity contribution in [1.82, 2.24) is 4.98 Å². The van der Waals surface area contributed by atoms with E-state index in [0.717, 1.165) is 23.0 Å². The normalized spacial score (nSPS) is 12.0. The summed E-state index contributed by atoms with van der Waals surface area (Å²) in [6, 6.07) is 10.1. The minimum absolute atomic E-state index is 0.0748. The lowest BCUT2D eigenvalue weighted by Crippen LogP contribution is -2.15. The highest BCUT2D eigenvalue weighted by molar-refractivity contribution is 5.91. The minimum atomic E-state index is 0.0748. The van der Waals surface area contributed by atoms with Crippen molar-refractivity contribution < 1.29 is 0 Å². The van der Waals surface area contributed by atoms with E-state index in [1.807, 2.05) is 30.3 Å². The summed E-state index contributed by atoms with van der Waals surface area (Å²) < 4.78 is 0. The number of nitrogens with zero attached hydrogens (tertiary/aromatic N) is 1. The number of hydrogen-bond acceptors (Lipinski definition) is 2. The third kappa shape index (κ3) is 1.99. The van der Waals surface area contributed by atoms with Gasteiger partial charge in [-0.3, -0.25) is 4.98 Å². The van der Waals surface area contributed by atoms with Crippen LogP contribution in [0.2, 0.25) is 0 Å². The summed E-state index contributed by atoms with van der Waals surface area (Å²) in [5, 5.41) is 4.46. The van der Waals surface area contributed by atoms with Gasteiger partial charge in [-0.2, -0.15) is 0 Å². The van der Waals surface area contributed by atoms with Crippen LogP contribution in [0, 0.1) is 12.3 Å². The fraction of sp³-hybridized carbons (Fsp3) is 0.214. The van der Waals surface area contributed by atoms with Crippen molar-refractivity contribution >= 4 is 16.6 Å². The third-order valence-corrected chi connectivity index (χ3v) is 2.59. The first kappa shape index (κ1) is 10.5. The number of rotatable bonds is 3. The Balaban J connectivity index is 2.41. The molecule has 1 unspecified atom stereocenters. The predicted octanol–water partition coefficient (Wildman–Crippen LogP) is 3.06. The van der Waals surface area contributed by atoms with Crippen LogP contribution < -0.4 is 5.32 Å². The number of hydrogen-bond donors (Lipinski definition) is 1. The lowest BCUT2D eigenvalue weighted by molar-refractivity contribution is 0.859. The number of anilines is 1. The summed E-state index contributed by atoms with van der Waals surface area (Å²) in [7, 11) is 0. The molecule has 0 aliphatic heterocycles. The van der Waals surface area contributed by atoms with Crippen molar-refractivity contribution in [3.05, 3.63) is 36.5 Å². The average molecular weight is 210 g/mol. The molecule has 0 aliphatic carbocycles. The van der Waals surface area contributed by atoms with E-state index in [0.29, 0.717) is 0 Å². The zero-order valence-electron chi connectivity index (χ0n) is 9.27. The van der Waals surface area contributed by atoms with E-state index in [-0.39, 0.29) is 6.04 Å². The van der Waals surface area contributed by atoms with E-state index in [1.165, 1.54) is 0 Å². The van der Waals surface area contributed by atoms with Gasteiger partial charge in [0.2, 0.25) is 0 Å². The zero-order valence-corrected chi connectivity index (χ0v) is 9.27. The summed E-state index contributed by atoms with van der Waals surface area (Å²) in [6.07, 6.45) is 8.16. The molecule has 1 heterocycles. The molecule has 1 atom stereocenters. The molecule has 16 heavy (non-hydrogen) atoms. The first-order chi connectivity index (χ1) is 7.85. The Labute approximate surface area is 95.7 Å². The van der Waals surface area contributed by atoms with Crippen LogP contribution in [0.5, 0.6) is 0 Å². The van der Waals surface area contributed by atoms with Gasteiger partial charge in [-0.05, 0) is 18.6 Å². The molecule has 2 heteroatoms. The van der Waals surface area contributed by atoms with Gasteiger partial charge in [-0.25, -0.2) is 0 Å². The molecule has 0 spiro atoms. The summed E-state index contributed by atoms with van der Waals surface area (Å²) in [5.74, 6) is 2.73. The van der Waals surface area contributed by atoms with Gasteiger partial charge < -0.3 is 5.32 Å². The SMILES string of the molecule is C#CC(CC)Nc1ccnc2ccccc12. The summed E-state index contributed by atoms with van der Waals surface area (Å²) in [4.78, 5) is 4.31. The van der Waals surface area contributed by atoms with Gasteiger partial charge in [-0.1, -0.05) is 31.0 Å². The van der Waals surface area contributed by atoms with Crippen LogP contribution in [-0.4, -0.2) is 11.0 Å². The van der Waals surface area contributed by atoms with Crippen molar-refractivity contribution in [3.8, 4) is 12.3 Å². The van der Waals surface area contributed by atoms with E-state index in [1.54, 1.807) is 6.20 Å². The van der Waals surface area contributed by atoms with Gasteiger partial charge in [0.15, 0.2) is 0 Å². The molecule has 2 rings (SSSR count). The zero-order chi connectivity index (χ0) is 11.4. The third-order valence-electron chi connectivity index (χ3n) is 2.59. The molecular formula is C14H14N2. The van der Waals surface area contributed by atoms with Crippen LogP contribution in [0.4, 0.5) is 5.69 Å². The summed E-state index contributed by atoms with van der Waals surface area (Å²) in [5.41, 5.74) is 2.04. The molecule has 0 amide bonds. The van der Waals surface area contributed by atoms with Gasteiger partial charge in [0.1, 0.15) is 0 Å². The van der Waals surface area contributed by atoms with Crippen molar-refractivity contribution in [2.24, 2.45) is 0 Å². The van der Waals surface area contributed by atoms with Crippen LogP contribution >= 0.6 is 0 Å². The van der Waals surface area contributed by atoms with E-state index in [4.69, 9.17) is 6.42 Å². The van der Waals surface area contributed by atoms with Crippen molar-refractivity contribution in [2.75, 3.05) is 5.32 Å². The number of fused-ring (bicyclic) bond motifs is 1. The lowest BCUT2D eigenvalue weighted by Gasteiger charge is -2.13. The van der Waals surface area contributed by atoms with Gasteiger partial charge in [0.25, 0.3) is 0 Å². The first-order valence-corrected chi connectivity index (χ1v) is 5.41. The molecule has 2 nitrogen and oxygen atoms in total. The molecule has 0 radical (unpaired) electrons. The van der Waals surface area contributed by atoms with Crippen LogP contribution in [-0.2, 0) is 0 Å². The maximum atomic E-state index is 5.45. The summed E-state index contributed by atoms with van der Waals surface area (Å²) in [6.45, 7) is 2.07. The highest BCUT2D eigenvalue weighted by Crippen LogP contribution is 2.21. The number of benzene rings is 1. The molecule has 0 aliphatic rings. The van der Waals surface area contributed by atoms with Crippen molar-refractivity contribution in [3.63, 3.8) is 0 Å². The van der Waals surface area contributed by atoms with Crippen LogP contribution in [0.3, 0.4) is 0 Å². The molecule has 0 saturated carbocycles. The highest BCUT2D eigenvalue weighted by atomic mass is 14.9. The van der Waals surface area contributed by atoms with Gasteiger partial charge in [-0.15, -0.1) is 6.42 Å². The molecule has 2 aromatic rings. The molecule has 1 N–H and O–H groups in total. The summed E-state index contributed by atoms with van der Waals surface area (Å²) >= 11 is 0. The molecule has 0 bridgehead atoms. The molecule has 1 aromatic carbocycles. The average Bonchev–Trinajstić information content (AvgIpc) is 2.36. The molecule has 1 aromatic heterocycles. The first-order valence-electron chi connectivity index (χ1n) is 5.41. The standard InChI is InChI=1S/C14H14N2/c1-3-11(4-2)16-14-9-10-15-13-8-6-5-7-12(13)14/h1,5-11H,4H2,2H3,(H,15,16).